The number of nitrogens with one attached hydrogen (secondary N) is 3. The second kappa shape index (κ2) is 8.50. The lowest BCUT2D eigenvalue weighted by Gasteiger charge is -2.45. The molecular formula is C21H35N5O3. The highest BCUT2D eigenvalue weighted by Gasteiger charge is 2.48. The minimum absolute atomic E-state index is 0.0204. The minimum Gasteiger partial charge on any atom is -0.354 e. The maximum Gasteiger partial charge on any atom is 0.315 e. The molecule has 8 heteroatoms. The molecule has 0 aromatic carbocycles. The van der Waals surface area contributed by atoms with Gasteiger partial charge < -0.3 is 20.9 Å². The molecule has 3 N–H and O–H groups in total. The average Bonchev–Trinajstić information content (AvgIpc) is 3.21. The summed E-state index contributed by atoms with van der Waals surface area (Å²) in [5.74, 6) is 0.358. The van der Waals surface area contributed by atoms with Crippen molar-refractivity contribution >= 4 is 17.8 Å². The van der Waals surface area contributed by atoms with E-state index < -0.39 is 0 Å². The topological polar surface area (TPSA) is 93.8 Å². The van der Waals surface area contributed by atoms with Crippen LogP contribution in [0.25, 0.3) is 0 Å². The largest absolute Gasteiger partial charge is 0.354 e. The van der Waals surface area contributed by atoms with Crippen molar-refractivity contribution in [2.24, 2.45) is 5.92 Å². The monoisotopic (exact) mass is 405 g/mol. The second-order valence-electron chi connectivity index (χ2n) is 9.52. The first kappa shape index (κ1) is 20.4. The normalized spacial score (nSPS) is 30.5. The molecule has 4 rings (SSSR count). The number of rotatable bonds is 6. The first-order chi connectivity index (χ1) is 13.9. The van der Waals surface area contributed by atoms with E-state index in [1.54, 1.807) is 0 Å². The van der Waals surface area contributed by atoms with E-state index in [1.807, 2.05) is 18.7 Å². The number of piperazine rings is 1. The molecule has 4 amide bonds. The van der Waals surface area contributed by atoms with E-state index in [0.29, 0.717) is 19.1 Å². The summed E-state index contributed by atoms with van der Waals surface area (Å²) in [6, 6.07) is 0.187. The zero-order valence-electron chi connectivity index (χ0n) is 17.7. The van der Waals surface area contributed by atoms with Crippen molar-refractivity contribution in [2.75, 3.05) is 19.6 Å². The molecule has 0 aromatic heterocycles. The molecule has 3 atom stereocenters. The van der Waals surface area contributed by atoms with E-state index in [4.69, 9.17) is 0 Å². The van der Waals surface area contributed by atoms with Crippen molar-refractivity contribution in [2.45, 2.75) is 89.0 Å². The third-order valence-corrected chi connectivity index (χ3v) is 6.77. The van der Waals surface area contributed by atoms with Crippen LogP contribution in [0.5, 0.6) is 0 Å². The summed E-state index contributed by atoms with van der Waals surface area (Å²) in [6.07, 6.45) is 7.42. The highest BCUT2D eigenvalue weighted by molar-refractivity contribution is 5.86. The summed E-state index contributed by atoms with van der Waals surface area (Å²) in [4.78, 5) is 42.0. The number of hydrogen-bond donors (Lipinski definition) is 3. The van der Waals surface area contributed by atoms with Gasteiger partial charge in [0.05, 0.1) is 6.04 Å². The summed E-state index contributed by atoms with van der Waals surface area (Å²) in [5.41, 5.74) is 0. The number of hydrogen-bond acceptors (Lipinski definition) is 4. The van der Waals surface area contributed by atoms with Gasteiger partial charge in [0, 0.05) is 43.7 Å². The molecule has 4 aliphatic rings. The molecule has 2 saturated heterocycles. The maximum atomic E-state index is 13.4. The first-order valence-corrected chi connectivity index (χ1v) is 11.3. The first-order valence-electron chi connectivity index (χ1n) is 11.3. The summed E-state index contributed by atoms with van der Waals surface area (Å²) < 4.78 is 0. The molecule has 0 spiro atoms. The summed E-state index contributed by atoms with van der Waals surface area (Å²) in [5, 5.41) is 8.93. The molecule has 29 heavy (non-hydrogen) atoms. The molecule has 2 aliphatic carbocycles. The summed E-state index contributed by atoms with van der Waals surface area (Å²) in [7, 11) is 0. The molecule has 0 bridgehead atoms. The van der Waals surface area contributed by atoms with Crippen molar-refractivity contribution < 1.29 is 14.4 Å². The van der Waals surface area contributed by atoms with Gasteiger partial charge in [-0.1, -0.05) is 12.8 Å². The third kappa shape index (κ3) is 4.68. The quantitative estimate of drug-likeness (QED) is 0.610. The fraction of sp³-hybridized carbons (Fsp3) is 0.857. The molecule has 8 nitrogen and oxygen atoms in total. The molecule has 4 fully saturated rings. The fourth-order valence-corrected chi connectivity index (χ4v) is 5.19. The van der Waals surface area contributed by atoms with Gasteiger partial charge in [0.25, 0.3) is 0 Å². The van der Waals surface area contributed by atoms with Gasteiger partial charge in [-0.3, -0.25) is 14.5 Å². The van der Waals surface area contributed by atoms with Gasteiger partial charge in [-0.05, 0) is 46.0 Å². The van der Waals surface area contributed by atoms with Gasteiger partial charge in [0.1, 0.15) is 6.04 Å². The van der Waals surface area contributed by atoms with Crippen molar-refractivity contribution in [1.82, 2.24) is 25.8 Å². The Labute approximate surface area is 173 Å². The van der Waals surface area contributed by atoms with E-state index in [9.17, 15) is 14.4 Å². The Hall–Kier alpha value is -1.83. The lowest BCUT2D eigenvalue weighted by Crippen LogP contribution is -2.64. The third-order valence-electron chi connectivity index (χ3n) is 6.77. The van der Waals surface area contributed by atoms with E-state index >= 15 is 0 Å². The smallest absolute Gasteiger partial charge is 0.315 e. The molecule has 0 radical (unpaired) electrons. The number of carbonyl (C=O) groups excluding carboxylic acids is 3. The van der Waals surface area contributed by atoms with E-state index in [2.05, 4.69) is 20.9 Å². The zero-order valence-corrected chi connectivity index (χ0v) is 17.7. The lowest BCUT2D eigenvalue weighted by molar-refractivity contribution is -0.145. The molecule has 162 valence electrons. The summed E-state index contributed by atoms with van der Waals surface area (Å²) >= 11 is 0. The van der Waals surface area contributed by atoms with Gasteiger partial charge in [0.2, 0.25) is 11.8 Å². The van der Waals surface area contributed by atoms with E-state index in [0.717, 1.165) is 38.6 Å². The average molecular weight is 406 g/mol. The van der Waals surface area contributed by atoms with Crippen molar-refractivity contribution in [3.8, 4) is 0 Å². The molecular weight excluding hydrogens is 370 g/mol. The van der Waals surface area contributed by atoms with Crippen molar-refractivity contribution in [1.29, 1.82) is 0 Å². The van der Waals surface area contributed by atoms with Crippen LogP contribution in [0, 0.1) is 5.92 Å². The Kier molecular flexibility index (Phi) is 5.99. The number of carbonyl (C=O) groups is 3. The van der Waals surface area contributed by atoms with Crippen molar-refractivity contribution in [3.63, 3.8) is 0 Å². The van der Waals surface area contributed by atoms with E-state index in [-0.39, 0.29) is 47.9 Å². The standard InChI is InChI=1S/C21H35N5O3/c1-13(2)23-21(29)24-15-9-17-12-25(16-5-3-4-6-16)18(20(28)26(17)11-15)10-22-19(27)14-7-8-14/h13-18H,3-12H2,1-2H3,(H,22,27)(H2,23,24,29)/t15-,17-,18-/m0/s1. The minimum atomic E-state index is -0.278. The van der Waals surface area contributed by atoms with Crippen LogP contribution < -0.4 is 16.0 Å². The van der Waals surface area contributed by atoms with Crippen LogP contribution in [-0.4, -0.2) is 77.5 Å². The lowest BCUT2D eigenvalue weighted by atomic mass is 10.0. The van der Waals surface area contributed by atoms with Crippen LogP contribution >= 0.6 is 0 Å². The van der Waals surface area contributed by atoms with Gasteiger partial charge in [-0.25, -0.2) is 4.79 Å². The fourth-order valence-electron chi connectivity index (χ4n) is 5.19. The predicted octanol–water partition coefficient (Wildman–Crippen LogP) is 0.817. The Balaban J connectivity index is 1.41. The molecule has 0 aromatic rings. The van der Waals surface area contributed by atoms with Crippen LogP contribution in [0.1, 0.15) is 58.8 Å². The highest BCUT2D eigenvalue weighted by atomic mass is 16.2. The molecule has 2 aliphatic heterocycles. The number of fused-ring (bicyclic) bond motifs is 1. The Bertz CT molecular complexity index is 644. The molecule has 0 unspecified atom stereocenters. The Morgan fingerprint density at radius 2 is 1.79 bits per heavy atom. The SMILES string of the molecule is CC(C)NC(=O)N[C@H]1C[C@H]2CN(C3CCCC3)[C@@H](CNC(=O)C3CC3)C(=O)N2C1. The molecule has 2 saturated carbocycles. The Morgan fingerprint density at radius 1 is 1.07 bits per heavy atom. The van der Waals surface area contributed by atoms with Crippen LogP contribution in [0.3, 0.4) is 0 Å². The van der Waals surface area contributed by atoms with Crippen molar-refractivity contribution in [3.05, 3.63) is 0 Å². The van der Waals surface area contributed by atoms with Crippen LogP contribution in [0.4, 0.5) is 4.79 Å². The number of urea groups is 1. The highest BCUT2D eigenvalue weighted by Crippen LogP contribution is 2.33. The molecule has 2 heterocycles. The van der Waals surface area contributed by atoms with Crippen LogP contribution in [0.2, 0.25) is 0 Å². The van der Waals surface area contributed by atoms with E-state index in [1.165, 1.54) is 12.8 Å². The van der Waals surface area contributed by atoms with Crippen LogP contribution in [-0.2, 0) is 9.59 Å². The van der Waals surface area contributed by atoms with Gasteiger partial charge in [-0.2, -0.15) is 0 Å². The number of nitrogens with zero attached hydrogens (tertiary/aromatic N) is 2. The summed E-state index contributed by atoms with van der Waals surface area (Å²) in [6.45, 7) is 5.66. The predicted molar refractivity (Wildman–Crippen MR) is 109 cm³/mol. The second-order valence-corrected chi connectivity index (χ2v) is 9.52. The van der Waals surface area contributed by atoms with Gasteiger partial charge in [0.15, 0.2) is 0 Å². The Morgan fingerprint density at radius 3 is 2.45 bits per heavy atom. The van der Waals surface area contributed by atoms with Crippen LogP contribution in [0.15, 0.2) is 0 Å². The number of amides is 4. The van der Waals surface area contributed by atoms with Gasteiger partial charge >= 0.3 is 6.03 Å². The maximum absolute atomic E-state index is 13.4. The zero-order chi connectivity index (χ0) is 20.5. The van der Waals surface area contributed by atoms with Gasteiger partial charge in [-0.15, -0.1) is 0 Å².